The molecule has 72 valence electrons. The number of aryl methyl sites for hydroxylation is 1. The summed E-state index contributed by atoms with van der Waals surface area (Å²) >= 11 is 0. The lowest BCUT2D eigenvalue weighted by Gasteiger charge is -2.09. The number of aliphatic carboxylic acids is 1. The smallest absolute Gasteiger partial charge is 0.337 e. The van der Waals surface area contributed by atoms with Crippen molar-refractivity contribution in [3.05, 3.63) is 17.5 Å². The van der Waals surface area contributed by atoms with E-state index in [0.717, 1.165) is 5.69 Å². The van der Waals surface area contributed by atoms with Crippen molar-refractivity contribution in [1.82, 2.24) is 9.78 Å². The summed E-state index contributed by atoms with van der Waals surface area (Å²) in [6.07, 6.45) is 0.589. The number of ether oxygens (including phenoxy) is 1. The van der Waals surface area contributed by atoms with Gasteiger partial charge in [0.1, 0.15) is 0 Å². The number of aromatic nitrogens is 2. The highest BCUT2D eigenvalue weighted by atomic mass is 16.5. The highest BCUT2D eigenvalue weighted by Gasteiger charge is 2.22. The first-order valence-electron chi connectivity index (χ1n) is 3.82. The first kappa shape index (κ1) is 9.73. The van der Waals surface area contributed by atoms with Crippen LogP contribution in [0.1, 0.15) is 17.4 Å². The Balaban J connectivity index is 3.05. The summed E-state index contributed by atoms with van der Waals surface area (Å²) in [5.74, 6) is -1.00. The van der Waals surface area contributed by atoms with E-state index in [9.17, 15) is 4.79 Å². The van der Waals surface area contributed by atoms with Gasteiger partial charge in [-0.05, 0) is 6.92 Å². The van der Waals surface area contributed by atoms with E-state index in [4.69, 9.17) is 9.84 Å². The Morgan fingerprint density at radius 1 is 1.77 bits per heavy atom. The van der Waals surface area contributed by atoms with Gasteiger partial charge >= 0.3 is 5.97 Å². The molecule has 1 aromatic rings. The summed E-state index contributed by atoms with van der Waals surface area (Å²) in [4.78, 5) is 10.7. The number of rotatable bonds is 3. The zero-order valence-electron chi connectivity index (χ0n) is 7.81. The van der Waals surface area contributed by atoms with Crippen molar-refractivity contribution in [1.29, 1.82) is 0 Å². The molecule has 0 bridgehead atoms. The fraction of sp³-hybridized carbons (Fsp3) is 0.500. The Labute approximate surface area is 75.9 Å². The monoisotopic (exact) mass is 184 g/mol. The molecule has 1 unspecified atom stereocenters. The molecular formula is C8H12N2O3. The van der Waals surface area contributed by atoms with E-state index in [1.54, 1.807) is 18.7 Å². The van der Waals surface area contributed by atoms with Gasteiger partial charge in [-0.3, -0.25) is 4.68 Å². The molecule has 1 N–H and O–H groups in total. The molecule has 1 atom stereocenters. The van der Waals surface area contributed by atoms with Gasteiger partial charge in [0.15, 0.2) is 6.10 Å². The van der Waals surface area contributed by atoms with Gasteiger partial charge in [-0.2, -0.15) is 5.10 Å². The quantitative estimate of drug-likeness (QED) is 0.743. The molecule has 0 radical (unpaired) electrons. The van der Waals surface area contributed by atoms with Gasteiger partial charge in [-0.15, -0.1) is 0 Å². The topological polar surface area (TPSA) is 64.3 Å². The highest BCUT2D eigenvalue weighted by molar-refractivity contribution is 5.74. The van der Waals surface area contributed by atoms with E-state index in [-0.39, 0.29) is 0 Å². The number of carboxylic acids is 1. The molecule has 0 saturated heterocycles. The second-order valence-electron chi connectivity index (χ2n) is 2.76. The fourth-order valence-electron chi connectivity index (χ4n) is 1.13. The minimum atomic E-state index is -1.00. The van der Waals surface area contributed by atoms with Crippen LogP contribution in [-0.2, 0) is 16.6 Å². The van der Waals surface area contributed by atoms with Crippen LogP contribution < -0.4 is 0 Å². The van der Waals surface area contributed by atoms with Crippen molar-refractivity contribution in [2.24, 2.45) is 7.05 Å². The molecule has 0 saturated carbocycles. The highest BCUT2D eigenvalue weighted by Crippen LogP contribution is 2.19. The molecule has 0 fully saturated rings. The van der Waals surface area contributed by atoms with Gasteiger partial charge in [0.25, 0.3) is 0 Å². The number of carbonyl (C=O) groups is 1. The second-order valence-corrected chi connectivity index (χ2v) is 2.76. The average molecular weight is 184 g/mol. The third-order valence-electron chi connectivity index (χ3n) is 2.02. The Morgan fingerprint density at radius 3 is 2.69 bits per heavy atom. The standard InChI is InChI=1S/C8H12N2O3/c1-5-6(4-9-10(5)2)7(13-3)8(11)12/h4,7H,1-3H3,(H,11,12). The normalized spacial score (nSPS) is 12.8. The molecule has 5 heteroatoms. The molecular weight excluding hydrogens is 172 g/mol. The first-order valence-corrected chi connectivity index (χ1v) is 3.82. The van der Waals surface area contributed by atoms with E-state index in [1.165, 1.54) is 13.3 Å². The number of methoxy groups -OCH3 is 1. The van der Waals surface area contributed by atoms with E-state index in [1.807, 2.05) is 0 Å². The van der Waals surface area contributed by atoms with E-state index in [0.29, 0.717) is 5.56 Å². The van der Waals surface area contributed by atoms with Crippen molar-refractivity contribution >= 4 is 5.97 Å². The van der Waals surface area contributed by atoms with Gasteiger partial charge in [0, 0.05) is 25.4 Å². The third-order valence-corrected chi connectivity index (χ3v) is 2.02. The molecule has 0 aliphatic rings. The van der Waals surface area contributed by atoms with Gasteiger partial charge in [0.05, 0.1) is 6.20 Å². The van der Waals surface area contributed by atoms with Crippen LogP contribution >= 0.6 is 0 Å². The zero-order chi connectivity index (χ0) is 10.0. The largest absolute Gasteiger partial charge is 0.479 e. The number of carboxylic acid groups (broad SMARTS) is 1. The van der Waals surface area contributed by atoms with Crippen molar-refractivity contribution in [3.63, 3.8) is 0 Å². The molecule has 0 aliphatic heterocycles. The number of nitrogens with zero attached hydrogens (tertiary/aromatic N) is 2. The molecule has 0 spiro atoms. The lowest BCUT2D eigenvalue weighted by atomic mass is 10.1. The average Bonchev–Trinajstić information content (AvgIpc) is 2.37. The molecule has 1 rings (SSSR count). The number of hydrogen-bond donors (Lipinski definition) is 1. The van der Waals surface area contributed by atoms with Gasteiger partial charge in [0.2, 0.25) is 0 Å². The van der Waals surface area contributed by atoms with Gasteiger partial charge in [-0.1, -0.05) is 0 Å². The summed E-state index contributed by atoms with van der Waals surface area (Å²) in [6, 6.07) is 0. The lowest BCUT2D eigenvalue weighted by Crippen LogP contribution is -2.14. The molecule has 5 nitrogen and oxygen atoms in total. The van der Waals surface area contributed by atoms with Crippen LogP contribution in [0.3, 0.4) is 0 Å². The third kappa shape index (κ3) is 1.70. The molecule has 1 heterocycles. The Kier molecular flexibility index (Phi) is 2.67. The maximum Gasteiger partial charge on any atom is 0.337 e. The van der Waals surface area contributed by atoms with E-state index in [2.05, 4.69) is 5.10 Å². The lowest BCUT2D eigenvalue weighted by molar-refractivity contribution is -0.148. The van der Waals surface area contributed by atoms with Crippen LogP contribution in [0.5, 0.6) is 0 Å². The maximum atomic E-state index is 10.7. The number of hydrogen-bond acceptors (Lipinski definition) is 3. The molecule has 0 amide bonds. The maximum absolute atomic E-state index is 10.7. The minimum Gasteiger partial charge on any atom is -0.479 e. The van der Waals surface area contributed by atoms with E-state index < -0.39 is 12.1 Å². The predicted octanol–water partition coefficient (Wildman–Crippen LogP) is 0.501. The SMILES string of the molecule is COC(C(=O)O)c1cnn(C)c1C. The van der Waals surface area contributed by atoms with Crippen LogP contribution in [0.15, 0.2) is 6.20 Å². The Hall–Kier alpha value is -1.36. The van der Waals surface area contributed by atoms with Crippen molar-refractivity contribution in [3.8, 4) is 0 Å². The van der Waals surface area contributed by atoms with Crippen LogP contribution in [0, 0.1) is 6.92 Å². The van der Waals surface area contributed by atoms with Crippen molar-refractivity contribution in [2.75, 3.05) is 7.11 Å². The summed E-state index contributed by atoms with van der Waals surface area (Å²) in [5.41, 5.74) is 1.40. The summed E-state index contributed by atoms with van der Waals surface area (Å²) in [7, 11) is 3.12. The van der Waals surface area contributed by atoms with Gasteiger partial charge in [-0.25, -0.2) is 4.79 Å². The van der Waals surface area contributed by atoms with Crippen LogP contribution in [0.25, 0.3) is 0 Å². The van der Waals surface area contributed by atoms with Crippen molar-refractivity contribution < 1.29 is 14.6 Å². The fourth-order valence-corrected chi connectivity index (χ4v) is 1.13. The summed E-state index contributed by atoms with van der Waals surface area (Å²) in [5, 5.41) is 12.7. The van der Waals surface area contributed by atoms with Crippen LogP contribution in [-0.4, -0.2) is 28.0 Å². The van der Waals surface area contributed by atoms with Crippen LogP contribution in [0.4, 0.5) is 0 Å². The summed E-state index contributed by atoms with van der Waals surface area (Å²) < 4.78 is 6.45. The molecule has 0 aromatic carbocycles. The van der Waals surface area contributed by atoms with Crippen molar-refractivity contribution in [2.45, 2.75) is 13.0 Å². The van der Waals surface area contributed by atoms with Gasteiger partial charge < -0.3 is 9.84 Å². The first-order chi connectivity index (χ1) is 6.07. The Morgan fingerprint density at radius 2 is 2.38 bits per heavy atom. The van der Waals surface area contributed by atoms with Crippen LogP contribution in [0.2, 0.25) is 0 Å². The molecule has 13 heavy (non-hydrogen) atoms. The van der Waals surface area contributed by atoms with E-state index >= 15 is 0 Å². The molecule has 1 aromatic heterocycles. The molecule has 0 aliphatic carbocycles. The minimum absolute atomic E-state index is 0.595. The zero-order valence-corrected chi connectivity index (χ0v) is 7.81. The summed E-state index contributed by atoms with van der Waals surface area (Å²) in [6.45, 7) is 1.80. The Bertz CT molecular complexity index is 319. The second kappa shape index (κ2) is 3.57. The predicted molar refractivity (Wildman–Crippen MR) is 45.3 cm³/mol.